The summed E-state index contributed by atoms with van der Waals surface area (Å²) in [4.78, 5) is 5.98. The van der Waals surface area contributed by atoms with Crippen molar-refractivity contribution in [2.24, 2.45) is 0 Å². The Balaban J connectivity index is 0.00000109. The van der Waals surface area contributed by atoms with Gasteiger partial charge in [0.1, 0.15) is 18.0 Å². The maximum absolute atomic E-state index is 14.7. The number of benzene rings is 2. The van der Waals surface area contributed by atoms with E-state index < -0.39 is 17.5 Å². The molecule has 0 aliphatic rings. The molecule has 4 aromatic rings. The fraction of sp³-hybridized carbons (Fsp3) is 0.250. The van der Waals surface area contributed by atoms with Gasteiger partial charge in [-0.15, -0.1) is 10.2 Å². The molecule has 0 N–H and O–H groups in total. The second kappa shape index (κ2) is 7.84. The van der Waals surface area contributed by atoms with Crippen LogP contribution in [0.4, 0.5) is 24.7 Å². The van der Waals surface area contributed by atoms with Crippen LogP contribution in [0.5, 0.6) is 0 Å². The maximum Gasteiger partial charge on any atom is 0.257 e. The number of hydrogen-bond acceptors (Lipinski definition) is 4. The van der Waals surface area contributed by atoms with Crippen LogP contribution < -0.4 is 4.90 Å². The lowest BCUT2D eigenvalue weighted by molar-refractivity contribution is 0.516. The first-order valence-corrected chi connectivity index (χ1v) is 9.01. The van der Waals surface area contributed by atoms with E-state index >= 15 is 0 Å². The Morgan fingerprint density at radius 2 is 1.82 bits per heavy atom. The van der Waals surface area contributed by atoms with Crippen LogP contribution in [0.25, 0.3) is 16.7 Å². The molecule has 0 aliphatic carbocycles. The number of hydrogen-bond donors (Lipinski definition) is 0. The van der Waals surface area contributed by atoms with Crippen LogP contribution in [0.15, 0.2) is 36.7 Å². The highest BCUT2D eigenvalue weighted by molar-refractivity contribution is 5.94. The van der Waals surface area contributed by atoms with Crippen molar-refractivity contribution in [2.45, 2.75) is 27.7 Å². The normalized spacial score (nSPS) is 10.8. The predicted octanol–water partition coefficient (Wildman–Crippen LogP) is 5.19. The number of fused-ring (bicyclic) bond motifs is 3. The monoisotopic (exact) mass is 387 g/mol. The van der Waals surface area contributed by atoms with Gasteiger partial charge in [0.05, 0.1) is 10.9 Å². The summed E-state index contributed by atoms with van der Waals surface area (Å²) >= 11 is 0. The number of anilines is 2. The van der Waals surface area contributed by atoms with Crippen LogP contribution >= 0.6 is 0 Å². The zero-order valence-electron chi connectivity index (χ0n) is 16.0. The average molecular weight is 387 g/mol. The van der Waals surface area contributed by atoms with Crippen LogP contribution in [-0.2, 0) is 0 Å². The molecule has 0 saturated heterocycles. The molecular weight excluding hydrogens is 367 g/mol. The topological polar surface area (TPSA) is 46.3 Å². The first-order valence-electron chi connectivity index (χ1n) is 9.01. The molecule has 2 aromatic heterocycles. The number of nitrogens with zero attached hydrogens (tertiary/aromatic N) is 5. The molecule has 2 heterocycles. The van der Waals surface area contributed by atoms with Gasteiger partial charge in [0.2, 0.25) is 0 Å². The van der Waals surface area contributed by atoms with Gasteiger partial charge in [-0.1, -0.05) is 13.8 Å². The van der Waals surface area contributed by atoms with Crippen LogP contribution in [0.2, 0.25) is 0 Å². The summed E-state index contributed by atoms with van der Waals surface area (Å²) in [6.07, 6.45) is 1.38. The minimum Gasteiger partial charge on any atom is -0.326 e. The Labute approximate surface area is 160 Å². The lowest BCUT2D eigenvalue weighted by Gasteiger charge is -2.24. The van der Waals surface area contributed by atoms with Gasteiger partial charge in [0.15, 0.2) is 11.6 Å². The highest BCUT2D eigenvalue weighted by Gasteiger charge is 2.21. The van der Waals surface area contributed by atoms with E-state index in [1.165, 1.54) is 28.9 Å². The van der Waals surface area contributed by atoms with Crippen molar-refractivity contribution in [3.05, 3.63) is 59.7 Å². The summed E-state index contributed by atoms with van der Waals surface area (Å²) < 4.78 is 44.0. The molecule has 4 rings (SSSR count). The Hall–Kier alpha value is -3.16. The van der Waals surface area contributed by atoms with Gasteiger partial charge in [0, 0.05) is 12.2 Å². The highest BCUT2D eigenvalue weighted by Crippen LogP contribution is 2.34. The molecule has 8 heteroatoms. The molecule has 0 fully saturated rings. The standard InChI is InChI=1S/C18H14F3N5.C2H6/c1-3-25(12-7-10(2)6-11(19)8-12)17-15-14(5-4-13(20)16(15)21)26-9-22-24-18(26)23-17;1-2/h4-9H,3H2,1-2H3;1-2H3. The Morgan fingerprint density at radius 3 is 2.50 bits per heavy atom. The van der Waals surface area contributed by atoms with E-state index in [2.05, 4.69) is 15.2 Å². The van der Waals surface area contributed by atoms with Crippen molar-refractivity contribution in [3.8, 4) is 0 Å². The molecule has 0 unspecified atom stereocenters. The van der Waals surface area contributed by atoms with Crippen LogP contribution in [0.1, 0.15) is 26.3 Å². The first kappa shape index (κ1) is 19.6. The second-order valence-corrected chi connectivity index (χ2v) is 5.92. The molecule has 0 spiro atoms. The van der Waals surface area contributed by atoms with E-state index in [0.717, 1.165) is 6.07 Å². The predicted molar refractivity (Wildman–Crippen MR) is 103 cm³/mol. The van der Waals surface area contributed by atoms with Gasteiger partial charge in [-0.2, -0.15) is 4.98 Å². The summed E-state index contributed by atoms with van der Waals surface area (Å²) in [6, 6.07) is 6.97. The van der Waals surface area contributed by atoms with Crippen LogP contribution in [0, 0.1) is 24.4 Å². The lowest BCUT2D eigenvalue weighted by Crippen LogP contribution is -2.19. The molecule has 0 bridgehead atoms. The third kappa shape index (κ3) is 3.26. The smallest absolute Gasteiger partial charge is 0.257 e. The Bertz CT molecular complexity index is 1120. The summed E-state index contributed by atoms with van der Waals surface area (Å²) in [7, 11) is 0. The van der Waals surface area contributed by atoms with Crippen LogP contribution in [-0.4, -0.2) is 26.1 Å². The first-order chi connectivity index (χ1) is 13.5. The summed E-state index contributed by atoms with van der Waals surface area (Å²) in [5.41, 5.74) is 1.57. The summed E-state index contributed by atoms with van der Waals surface area (Å²) in [6.45, 7) is 7.94. The second-order valence-electron chi connectivity index (χ2n) is 5.92. The number of aromatic nitrogens is 4. The third-order valence-corrected chi connectivity index (χ3v) is 4.20. The zero-order valence-corrected chi connectivity index (χ0v) is 16.0. The molecule has 0 aliphatic heterocycles. The van der Waals surface area contributed by atoms with Crippen LogP contribution in [0.3, 0.4) is 0 Å². The van der Waals surface area contributed by atoms with Crippen molar-refractivity contribution < 1.29 is 13.2 Å². The van der Waals surface area contributed by atoms with E-state index in [-0.39, 0.29) is 17.0 Å². The maximum atomic E-state index is 14.7. The lowest BCUT2D eigenvalue weighted by atomic mass is 10.1. The highest BCUT2D eigenvalue weighted by atomic mass is 19.2. The molecule has 0 radical (unpaired) electrons. The van der Waals surface area contributed by atoms with Gasteiger partial charge in [0.25, 0.3) is 5.78 Å². The number of rotatable bonds is 3. The molecule has 5 nitrogen and oxygen atoms in total. The van der Waals surface area contributed by atoms with Crippen molar-refractivity contribution in [1.82, 2.24) is 19.6 Å². The average Bonchev–Trinajstić information content (AvgIpc) is 3.14. The largest absolute Gasteiger partial charge is 0.326 e. The minimum atomic E-state index is -1.02. The van der Waals surface area contributed by atoms with E-state index in [1.54, 1.807) is 17.9 Å². The number of halogens is 3. The molecule has 2 aromatic carbocycles. The van der Waals surface area contributed by atoms with Crippen molar-refractivity contribution in [2.75, 3.05) is 11.4 Å². The van der Waals surface area contributed by atoms with E-state index in [1.807, 2.05) is 20.8 Å². The zero-order chi connectivity index (χ0) is 20.4. The van der Waals surface area contributed by atoms with E-state index in [4.69, 9.17) is 0 Å². The Morgan fingerprint density at radius 1 is 1.07 bits per heavy atom. The molecule has 28 heavy (non-hydrogen) atoms. The van der Waals surface area contributed by atoms with Crippen molar-refractivity contribution >= 4 is 28.2 Å². The summed E-state index contributed by atoms with van der Waals surface area (Å²) in [5, 5.41) is 7.69. The van der Waals surface area contributed by atoms with Crippen molar-refractivity contribution in [1.29, 1.82) is 0 Å². The van der Waals surface area contributed by atoms with Gasteiger partial charge < -0.3 is 4.90 Å². The number of aryl methyl sites for hydroxylation is 1. The molecule has 0 amide bonds. The van der Waals surface area contributed by atoms with Gasteiger partial charge >= 0.3 is 0 Å². The fourth-order valence-electron chi connectivity index (χ4n) is 3.10. The molecule has 0 saturated carbocycles. The summed E-state index contributed by atoms with van der Waals surface area (Å²) in [5.74, 6) is -2.03. The quantitative estimate of drug-likeness (QED) is 0.485. The fourth-order valence-corrected chi connectivity index (χ4v) is 3.10. The molecule has 0 atom stereocenters. The SMILES string of the molecule is CC.CCN(c1cc(C)cc(F)c1)c1nc2nncn2c2ccc(F)c(F)c12. The minimum absolute atomic E-state index is 0.0129. The van der Waals surface area contributed by atoms with E-state index in [0.29, 0.717) is 23.3 Å². The molecular formula is C20H20F3N5. The van der Waals surface area contributed by atoms with Gasteiger partial charge in [-0.3, -0.25) is 4.40 Å². The van der Waals surface area contributed by atoms with Gasteiger partial charge in [-0.25, -0.2) is 13.2 Å². The van der Waals surface area contributed by atoms with E-state index in [9.17, 15) is 13.2 Å². The van der Waals surface area contributed by atoms with Gasteiger partial charge in [-0.05, 0) is 49.7 Å². The van der Waals surface area contributed by atoms with Crippen molar-refractivity contribution in [3.63, 3.8) is 0 Å². The molecule has 146 valence electrons. The third-order valence-electron chi connectivity index (χ3n) is 4.20. The Kier molecular flexibility index (Phi) is 5.48.